The SMILES string of the molecule is O=C1N/C(=C/c2ccc(CN3CCCC3)cc2)C(=O)N1c1ccc(Br)cc1. The highest BCUT2D eigenvalue weighted by molar-refractivity contribution is 9.10. The smallest absolute Gasteiger partial charge is 0.302 e. The molecule has 2 aliphatic rings. The molecule has 0 unspecified atom stereocenters. The van der Waals surface area contributed by atoms with Crippen molar-refractivity contribution in [2.75, 3.05) is 18.0 Å². The molecule has 2 saturated heterocycles. The molecule has 2 heterocycles. The van der Waals surface area contributed by atoms with E-state index in [9.17, 15) is 9.59 Å². The van der Waals surface area contributed by atoms with Gasteiger partial charge in [0.1, 0.15) is 5.70 Å². The molecule has 0 spiro atoms. The molecule has 0 bridgehead atoms. The van der Waals surface area contributed by atoms with Crippen molar-refractivity contribution in [1.29, 1.82) is 0 Å². The highest BCUT2D eigenvalue weighted by atomic mass is 79.9. The molecule has 0 saturated carbocycles. The number of hydrogen-bond donors (Lipinski definition) is 1. The number of likely N-dealkylation sites (tertiary alicyclic amines) is 1. The Hall–Kier alpha value is -2.44. The first-order chi connectivity index (χ1) is 13.1. The Morgan fingerprint density at radius 2 is 1.63 bits per heavy atom. The molecule has 0 aliphatic carbocycles. The van der Waals surface area contributed by atoms with Gasteiger partial charge in [-0.1, -0.05) is 40.2 Å². The molecule has 2 aromatic rings. The topological polar surface area (TPSA) is 52.7 Å². The van der Waals surface area contributed by atoms with Crippen molar-refractivity contribution in [1.82, 2.24) is 10.2 Å². The quantitative estimate of drug-likeness (QED) is 0.591. The number of nitrogens with one attached hydrogen (secondary N) is 1. The van der Waals surface area contributed by atoms with Gasteiger partial charge in [-0.25, -0.2) is 9.69 Å². The maximum Gasteiger partial charge on any atom is 0.333 e. The normalized spacial score (nSPS) is 19.1. The standard InChI is InChI=1S/C21H20BrN3O2/c22-17-7-9-18(10-8-17)25-20(26)19(23-21(25)27)13-15-3-5-16(6-4-15)14-24-11-1-2-12-24/h3-10,13H,1-2,11-12,14H2,(H,23,27)/b19-13+. The average molecular weight is 426 g/mol. The minimum Gasteiger partial charge on any atom is -0.302 e. The number of anilines is 1. The number of rotatable bonds is 4. The number of nitrogens with zero attached hydrogens (tertiary/aromatic N) is 2. The van der Waals surface area contributed by atoms with E-state index >= 15 is 0 Å². The minimum absolute atomic E-state index is 0.287. The van der Waals surface area contributed by atoms with Crippen molar-refractivity contribution in [3.05, 3.63) is 69.8 Å². The van der Waals surface area contributed by atoms with Crippen molar-refractivity contribution in [3.8, 4) is 0 Å². The second kappa shape index (κ2) is 7.66. The third kappa shape index (κ3) is 3.96. The summed E-state index contributed by atoms with van der Waals surface area (Å²) in [6.07, 6.45) is 4.28. The summed E-state index contributed by atoms with van der Waals surface area (Å²) >= 11 is 3.36. The van der Waals surface area contributed by atoms with Gasteiger partial charge in [-0.2, -0.15) is 0 Å². The van der Waals surface area contributed by atoms with Crippen LogP contribution in [-0.2, 0) is 11.3 Å². The van der Waals surface area contributed by atoms with Gasteiger partial charge in [0, 0.05) is 11.0 Å². The Bertz CT molecular complexity index is 885. The van der Waals surface area contributed by atoms with E-state index in [2.05, 4.69) is 38.3 Å². The van der Waals surface area contributed by atoms with E-state index in [0.717, 1.165) is 34.6 Å². The molecule has 2 fully saturated rings. The van der Waals surface area contributed by atoms with Gasteiger partial charge in [-0.3, -0.25) is 9.69 Å². The van der Waals surface area contributed by atoms with Crippen LogP contribution in [0.25, 0.3) is 6.08 Å². The summed E-state index contributed by atoms with van der Waals surface area (Å²) in [5.74, 6) is -0.344. The fourth-order valence-corrected chi connectivity index (χ4v) is 3.71. The molecule has 2 aliphatic heterocycles. The summed E-state index contributed by atoms with van der Waals surface area (Å²) in [6, 6.07) is 14.8. The third-order valence-corrected chi connectivity index (χ3v) is 5.39. The highest BCUT2D eigenvalue weighted by Gasteiger charge is 2.34. The number of benzene rings is 2. The van der Waals surface area contributed by atoms with Crippen LogP contribution < -0.4 is 10.2 Å². The van der Waals surface area contributed by atoms with Crippen LogP contribution in [0, 0.1) is 0 Å². The summed E-state index contributed by atoms with van der Waals surface area (Å²) in [5.41, 5.74) is 2.99. The minimum atomic E-state index is -0.431. The Balaban J connectivity index is 1.49. The van der Waals surface area contributed by atoms with E-state index < -0.39 is 6.03 Å². The zero-order chi connectivity index (χ0) is 18.8. The second-order valence-electron chi connectivity index (χ2n) is 6.83. The van der Waals surface area contributed by atoms with E-state index in [4.69, 9.17) is 0 Å². The van der Waals surface area contributed by atoms with E-state index in [0.29, 0.717) is 5.69 Å². The van der Waals surface area contributed by atoms with Gasteiger partial charge in [0.2, 0.25) is 0 Å². The van der Waals surface area contributed by atoms with Crippen LogP contribution in [-0.4, -0.2) is 29.9 Å². The molecule has 27 heavy (non-hydrogen) atoms. The molecular weight excluding hydrogens is 406 g/mol. The number of carbonyl (C=O) groups excluding carboxylic acids is 2. The first kappa shape index (κ1) is 17.9. The molecule has 6 heteroatoms. The van der Waals surface area contributed by atoms with Crippen LogP contribution in [0.4, 0.5) is 10.5 Å². The lowest BCUT2D eigenvalue weighted by molar-refractivity contribution is -0.113. The summed E-state index contributed by atoms with van der Waals surface area (Å²) in [5, 5.41) is 2.67. The predicted molar refractivity (Wildman–Crippen MR) is 109 cm³/mol. The van der Waals surface area contributed by atoms with Crippen LogP contribution in [0.15, 0.2) is 58.7 Å². The first-order valence-electron chi connectivity index (χ1n) is 9.04. The van der Waals surface area contributed by atoms with Gasteiger partial charge >= 0.3 is 6.03 Å². The van der Waals surface area contributed by atoms with Crippen LogP contribution in [0.2, 0.25) is 0 Å². The molecule has 0 atom stereocenters. The van der Waals surface area contributed by atoms with Crippen LogP contribution >= 0.6 is 15.9 Å². The number of imide groups is 1. The summed E-state index contributed by atoms with van der Waals surface area (Å²) in [4.78, 5) is 28.5. The van der Waals surface area contributed by atoms with E-state index in [1.165, 1.54) is 18.4 Å². The molecule has 5 nitrogen and oxygen atoms in total. The van der Waals surface area contributed by atoms with E-state index in [-0.39, 0.29) is 11.6 Å². The van der Waals surface area contributed by atoms with Crippen molar-refractivity contribution < 1.29 is 9.59 Å². The average Bonchev–Trinajstić information content (AvgIpc) is 3.26. The van der Waals surface area contributed by atoms with Crippen molar-refractivity contribution in [3.63, 3.8) is 0 Å². The van der Waals surface area contributed by atoms with Crippen molar-refractivity contribution in [2.45, 2.75) is 19.4 Å². The lowest BCUT2D eigenvalue weighted by Crippen LogP contribution is -2.30. The Kier molecular flexibility index (Phi) is 5.09. The highest BCUT2D eigenvalue weighted by Crippen LogP contribution is 2.24. The molecule has 138 valence electrons. The molecular formula is C21H20BrN3O2. The van der Waals surface area contributed by atoms with Gasteiger partial charge in [0.25, 0.3) is 5.91 Å². The lowest BCUT2D eigenvalue weighted by Gasteiger charge is -2.14. The van der Waals surface area contributed by atoms with Gasteiger partial charge in [0.05, 0.1) is 5.69 Å². The Labute approximate surface area is 166 Å². The van der Waals surface area contributed by atoms with Crippen molar-refractivity contribution in [2.24, 2.45) is 0 Å². The molecule has 4 rings (SSSR count). The first-order valence-corrected chi connectivity index (χ1v) is 9.83. The zero-order valence-electron chi connectivity index (χ0n) is 14.8. The number of amides is 3. The van der Waals surface area contributed by atoms with Gasteiger partial charge in [0.15, 0.2) is 0 Å². The number of carbonyl (C=O) groups is 2. The monoisotopic (exact) mass is 425 g/mol. The zero-order valence-corrected chi connectivity index (χ0v) is 16.4. The van der Waals surface area contributed by atoms with Gasteiger partial charge in [-0.05, 0) is 67.4 Å². The van der Waals surface area contributed by atoms with Gasteiger partial charge < -0.3 is 5.32 Å². The lowest BCUT2D eigenvalue weighted by atomic mass is 10.1. The Morgan fingerprint density at radius 3 is 2.30 bits per heavy atom. The number of halogens is 1. The summed E-state index contributed by atoms with van der Waals surface area (Å²) < 4.78 is 0.892. The number of urea groups is 1. The van der Waals surface area contributed by atoms with E-state index in [1.807, 2.05) is 12.1 Å². The summed E-state index contributed by atoms with van der Waals surface area (Å²) in [7, 11) is 0. The van der Waals surface area contributed by atoms with E-state index in [1.54, 1.807) is 30.3 Å². The molecule has 0 radical (unpaired) electrons. The molecule has 1 N–H and O–H groups in total. The molecule has 3 amide bonds. The Morgan fingerprint density at radius 1 is 0.963 bits per heavy atom. The third-order valence-electron chi connectivity index (χ3n) is 4.86. The fraction of sp³-hybridized carbons (Fsp3) is 0.238. The predicted octanol–water partition coefficient (Wildman–Crippen LogP) is 4.14. The van der Waals surface area contributed by atoms with Gasteiger partial charge in [-0.15, -0.1) is 0 Å². The number of hydrogen-bond acceptors (Lipinski definition) is 3. The second-order valence-corrected chi connectivity index (χ2v) is 7.75. The van der Waals surface area contributed by atoms with Crippen molar-refractivity contribution >= 4 is 39.6 Å². The maximum atomic E-state index is 12.7. The fourth-order valence-electron chi connectivity index (χ4n) is 3.44. The van der Waals surface area contributed by atoms with Crippen LogP contribution in [0.1, 0.15) is 24.0 Å². The summed E-state index contributed by atoms with van der Waals surface area (Å²) in [6.45, 7) is 3.29. The maximum absolute atomic E-state index is 12.7. The molecule has 2 aromatic carbocycles. The largest absolute Gasteiger partial charge is 0.333 e. The van der Waals surface area contributed by atoms with Crippen LogP contribution in [0.5, 0.6) is 0 Å². The van der Waals surface area contributed by atoms with Crippen LogP contribution in [0.3, 0.4) is 0 Å². The molecule has 0 aromatic heterocycles.